The first-order chi connectivity index (χ1) is 9.45. The summed E-state index contributed by atoms with van der Waals surface area (Å²) in [6.45, 7) is 6.50. The summed E-state index contributed by atoms with van der Waals surface area (Å²) in [4.78, 5) is 11.9. The summed E-state index contributed by atoms with van der Waals surface area (Å²) < 4.78 is 1.71. The molecular weight excluding hydrogens is 252 g/mol. The lowest BCUT2D eigenvalue weighted by Gasteiger charge is -2.13. The van der Waals surface area contributed by atoms with Gasteiger partial charge in [-0.3, -0.25) is 4.68 Å². The molecular formula is C15H20N4O. The second-order valence-corrected chi connectivity index (χ2v) is 5.10. The standard InChI is InChI=1S/C15H20N4O/c1-10-5-11(2)14(12(3)6-10)18-15(20)16-7-13-8-17-19(4)9-13/h5-6,8-9H,7H2,1-4H3,(H2,16,18,20). The van der Waals surface area contributed by atoms with Gasteiger partial charge in [-0.2, -0.15) is 5.10 Å². The summed E-state index contributed by atoms with van der Waals surface area (Å²) in [7, 11) is 1.85. The normalized spacial score (nSPS) is 10.4. The van der Waals surface area contributed by atoms with Crippen LogP contribution in [0.3, 0.4) is 0 Å². The highest BCUT2D eigenvalue weighted by Gasteiger charge is 2.08. The van der Waals surface area contributed by atoms with Crippen molar-refractivity contribution in [3.63, 3.8) is 0 Å². The van der Waals surface area contributed by atoms with Crippen molar-refractivity contribution in [1.82, 2.24) is 15.1 Å². The highest BCUT2D eigenvalue weighted by molar-refractivity contribution is 5.91. The van der Waals surface area contributed by atoms with Gasteiger partial charge in [-0.25, -0.2) is 4.79 Å². The second-order valence-electron chi connectivity index (χ2n) is 5.10. The van der Waals surface area contributed by atoms with E-state index in [0.717, 1.165) is 22.4 Å². The van der Waals surface area contributed by atoms with E-state index in [2.05, 4.69) is 27.9 Å². The Morgan fingerprint density at radius 3 is 2.45 bits per heavy atom. The Morgan fingerprint density at radius 2 is 1.90 bits per heavy atom. The maximum atomic E-state index is 11.9. The van der Waals surface area contributed by atoms with Crippen LogP contribution in [0.2, 0.25) is 0 Å². The third kappa shape index (κ3) is 3.38. The zero-order valence-electron chi connectivity index (χ0n) is 12.3. The van der Waals surface area contributed by atoms with Crippen LogP contribution in [-0.4, -0.2) is 15.8 Å². The molecule has 0 fully saturated rings. The number of amides is 2. The molecule has 5 nitrogen and oxygen atoms in total. The van der Waals surface area contributed by atoms with Gasteiger partial charge in [0.1, 0.15) is 0 Å². The number of nitrogens with one attached hydrogen (secondary N) is 2. The van der Waals surface area contributed by atoms with E-state index in [4.69, 9.17) is 0 Å². The highest BCUT2D eigenvalue weighted by Crippen LogP contribution is 2.21. The Morgan fingerprint density at radius 1 is 1.25 bits per heavy atom. The van der Waals surface area contributed by atoms with Crippen LogP contribution >= 0.6 is 0 Å². The molecule has 0 unspecified atom stereocenters. The molecule has 0 aliphatic heterocycles. The van der Waals surface area contributed by atoms with Gasteiger partial charge >= 0.3 is 6.03 Å². The van der Waals surface area contributed by atoms with Crippen molar-refractivity contribution in [2.24, 2.45) is 7.05 Å². The van der Waals surface area contributed by atoms with Gasteiger partial charge in [0.25, 0.3) is 0 Å². The highest BCUT2D eigenvalue weighted by atomic mass is 16.2. The van der Waals surface area contributed by atoms with Crippen molar-refractivity contribution >= 4 is 11.7 Å². The van der Waals surface area contributed by atoms with Gasteiger partial charge in [0.15, 0.2) is 0 Å². The molecule has 0 atom stereocenters. The van der Waals surface area contributed by atoms with E-state index in [-0.39, 0.29) is 6.03 Å². The third-order valence-corrected chi connectivity index (χ3v) is 3.13. The number of benzene rings is 1. The average molecular weight is 272 g/mol. The summed E-state index contributed by atoms with van der Waals surface area (Å²) in [5.41, 5.74) is 5.18. The van der Waals surface area contributed by atoms with Crippen LogP contribution < -0.4 is 10.6 Å². The predicted molar refractivity (Wildman–Crippen MR) is 79.7 cm³/mol. The van der Waals surface area contributed by atoms with E-state index in [1.165, 1.54) is 5.56 Å². The molecule has 0 aliphatic rings. The number of aromatic nitrogens is 2. The van der Waals surface area contributed by atoms with E-state index in [1.54, 1.807) is 10.9 Å². The number of urea groups is 1. The minimum absolute atomic E-state index is 0.205. The van der Waals surface area contributed by atoms with Crippen LogP contribution in [0.5, 0.6) is 0 Å². The number of carbonyl (C=O) groups is 1. The number of nitrogens with zero attached hydrogens (tertiary/aromatic N) is 2. The number of aryl methyl sites for hydroxylation is 4. The van der Waals surface area contributed by atoms with Gasteiger partial charge in [0, 0.05) is 31.0 Å². The smallest absolute Gasteiger partial charge is 0.319 e. The molecule has 0 spiro atoms. The second kappa shape index (κ2) is 5.77. The van der Waals surface area contributed by atoms with E-state index in [1.807, 2.05) is 34.0 Å². The summed E-state index contributed by atoms with van der Waals surface area (Å²) in [5.74, 6) is 0. The number of hydrogen-bond acceptors (Lipinski definition) is 2. The Labute approximate surface area is 119 Å². The number of anilines is 1. The largest absolute Gasteiger partial charge is 0.334 e. The summed E-state index contributed by atoms with van der Waals surface area (Å²) in [6, 6.07) is 3.91. The van der Waals surface area contributed by atoms with Gasteiger partial charge in [-0.15, -0.1) is 0 Å². The molecule has 2 N–H and O–H groups in total. The summed E-state index contributed by atoms with van der Waals surface area (Å²) in [6.07, 6.45) is 3.62. The minimum atomic E-state index is -0.205. The molecule has 0 saturated carbocycles. The van der Waals surface area contributed by atoms with Crippen molar-refractivity contribution in [1.29, 1.82) is 0 Å². The first-order valence-corrected chi connectivity index (χ1v) is 6.56. The SMILES string of the molecule is Cc1cc(C)c(NC(=O)NCc2cnn(C)c2)c(C)c1. The molecule has 2 aromatic rings. The maximum absolute atomic E-state index is 11.9. The van der Waals surface area contributed by atoms with Gasteiger partial charge < -0.3 is 10.6 Å². The van der Waals surface area contributed by atoms with E-state index < -0.39 is 0 Å². The Kier molecular flexibility index (Phi) is 4.08. The fourth-order valence-corrected chi connectivity index (χ4v) is 2.28. The Balaban J connectivity index is 1.98. The van der Waals surface area contributed by atoms with Gasteiger partial charge in [-0.1, -0.05) is 17.7 Å². The average Bonchev–Trinajstić information content (AvgIpc) is 2.77. The number of hydrogen-bond donors (Lipinski definition) is 2. The summed E-state index contributed by atoms with van der Waals surface area (Å²) in [5, 5.41) is 9.79. The molecule has 0 bridgehead atoms. The molecule has 2 amide bonds. The van der Waals surface area contributed by atoms with E-state index in [0.29, 0.717) is 6.54 Å². The lowest BCUT2D eigenvalue weighted by atomic mass is 10.1. The molecule has 0 radical (unpaired) electrons. The summed E-state index contributed by atoms with van der Waals surface area (Å²) >= 11 is 0. The molecule has 5 heteroatoms. The third-order valence-electron chi connectivity index (χ3n) is 3.13. The molecule has 20 heavy (non-hydrogen) atoms. The molecule has 2 rings (SSSR count). The van der Waals surface area contributed by atoms with Gasteiger partial charge in [0.05, 0.1) is 6.20 Å². The predicted octanol–water partition coefficient (Wildman–Crippen LogP) is 2.67. The van der Waals surface area contributed by atoms with Crippen LogP contribution in [0, 0.1) is 20.8 Å². The van der Waals surface area contributed by atoms with Crippen LogP contribution in [0.1, 0.15) is 22.3 Å². The van der Waals surface area contributed by atoms with E-state index in [9.17, 15) is 4.79 Å². The van der Waals surface area contributed by atoms with Crippen molar-refractivity contribution in [3.8, 4) is 0 Å². The Bertz CT molecular complexity index is 608. The minimum Gasteiger partial charge on any atom is -0.334 e. The quantitative estimate of drug-likeness (QED) is 0.902. The van der Waals surface area contributed by atoms with Crippen molar-refractivity contribution in [2.45, 2.75) is 27.3 Å². The lowest BCUT2D eigenvalue weighted by molar-refractivity contribution is 0.251. The van der Waals surface area contributed by atoms with Crippen LogP contribution in [0.4, 0.5) is 10.5 Å². The first-order valence-electron chi connectivity index (χ1n) is 6.56. The van der Waals surface area contributed by atoms with Crippen molar-refractivity contribution in [3.05, 3.63) is 46.8 Å². The fourth-order valence-electron chi connectivity index (χ4n) is 2.28. The maximum Gasteiger partial charge on any atom is 0.319 e. The van der Waals surface area contributed by atoms with E-state index >= 15 is 0 Å². The van der Waals surface area contributed by atoms with Crippen molar-refractivity contribution in [2.75, 3.05) is 5.32 Å². The number of carbonyl (C=O) groups excluding carboxylic acids is 1. The molecule has 0 saturated heterocycles. The van der Waals surface area contributed by atoms with Crippen LogP contribution in [0.15, 0.2) is 24.5 Å². The van der Waals surface area contributed by atoms with Crippen LogP contribution in [-0.2, 0) is 13.6 Å². The molecule has 0 aliphatic carbocycles. The van der Waals surface area contributed by atoms with Crippen molar-refractivity contribution < 1.29 is 4.79 Å². The van der Waals surface area contributed by atoms with Gasteiger partial charge in [0.2, 0.25) is 0 Å². The zero-order valence-corrected chi connectivity index (χ0v) is 12.3. The zero-order chi connectivity index (χ0) is 14.7. The van der Waals surface area contributed by atoms with Crippen LogP contribution in [0.25, 0.3) is 0 Å². The Hall–Kier alpha value is -2.30. The molecule has 1 aromatic heterocycles. The van der Waals surface area contributed by atoms with Gasteiger partial charge in [-0.05, 0) is 31.9 Å². The molecule has 106 valence electrons. The monoisotopic (exact) mass is 272 g/mol. The fraction of sp³-hybridized carbons (Fsp3) is 0.333. The topological polar surface area (TPSA) is 59.0 Å². The molecule has 1 aromatic carbocycles. The lowest BCUT2D eigenvalue weighted by Crippen LogP contribution is -2.28. The molecule has 1 heterocycles. The first kappa shape index (κ1) is 14.1. The number of rotatable bonds is 3.